The van der Waals surface area contributed by atoms with Crippen molar-refractivity contribution in [2.45, 2.75) is 0 Å². The monoisotopic (exact) mass is 195 g/mol. The Morgan fingerprint density at radius 3 is 2.93 bits per heavy atom. The first-order chi connectivity index (χ1) is 6.92. The molecule has 0 atom stereocenters. The molecule has 0 aromatic heterocycles. The average molecular weight is 195 g/mol. The molecule has 1 aliphatic rings. The summed E-state index contributed by atoms with van der Waals surface area (Å²) in [6.45, 7) is 0.884. The Morgan fingerprint density at radius 2 is 2.21 bits per heavy atom. The highest BCUT2D eigenvalue weighted by atomic mass is 16.5. The standard InChI is InChI=1S/C9H9NO2.CH4O/c11-6-5-10-7-12-9-4-2-1-3-8(9)10;1-2/h1-4,6H,5,7H2;2H,1H3. The highest BCUT2D eigenvalue weighted by Crippen LogP contribution is 2.32. The van der Waals surface area contributed by atoms with Crippen molar-refractivity contribution >= 4 is 12.0 Å². The van der Waals surface area contributed by atoms with Crippen molar-refractivity contribution in [2.24, 2.45) is 0 Å². The summed E-state index contributed by atoms with van der Waals surface area (Å²) in [5, 5.41) is 7.00. The molecule has 4 nitrogen and oxygen atoms in total. The first kappa shape index (κ1) is 10.5. The van der Waals surface area contributed by atoms with E-state index in [1.807, 2.05) is 29.2 Å². The fraction of sp³-hybridized carbons (Fsp3) is 0.300. The van der Waals surface area contributed by atoms with Crippen molar-refractivity contribution in [1.82, 2.24) is 0 Å². The van der Waals surface area contributed by atoms with E-state index in [-0.39, 0.29) is 0 Å². The minimum atomic E-state index is 0.400. The van der Waals surface area contributed by atoms with Gasteiger partial charge in [0, 0.05) is 7.11 Å². The summed E-state index contributed by atoms with van der Waals surface area (Å²) in [6.07, 6.45) is 0.880. The van der Waals surface area contributed by atoms with Crippen LogP contribution in [0.4, 0.5) is 5.69 Å². The summed E-state index contributed by atoms with van der Waals surface area (Å²) in [7, 11) is 1.00. The molecule has 1 N–H and O–H groups in total. The van der Waals surface area contributed by atoms with Crippen LogP contribution in [0.25, 0.3) is 0 Å². The Bertz CT molecular complexity index is 301. The third-order valence-electron chi connectivity index (χ3n) is 1.88. The van der Waals surface area contributed by atoms with E-state index in [2.05, 4.69) is 0 Å². The number of aldehydes is 1. The van der Waals surface area contributed by atoms with E-state index in [4.69, 9.17) is 9.84 Å². The molecule has 14 heavy (non-hydrogen) atoms. The molecule has 0 bridgehead atoms. The Balaban J connectivity index is 0.000000461. The van der Waals surface area contributed by atoms with E-state index >= 15 is 0 Å². The van der Waals surface area contributed by atoms with Gasteiger partial charge in [0.25, 0.3) is 0 Å². The molecule has 76 valence electrons. The summed E-state index contributed by atoms with van der Waals surface area (Å²) in [5.41, 5.74) is 1.00. The zero-order valence-corrected chi connectivity index (χ0v) is 8.01. The third-order valence-corrected chi connectivity index (χ3v) is 1.88. The number of carbonyl (C=O) groups is 1. The van der Waals surface area contributed by atoms with Crippen LogP contribution < -0.4 is 9.64 Å². The molecule has 0 aliphatic carbocycles. The van der Waals surface area contributed by atoms with Crippen LogP contribution >= 0.6 is 0 Å². The van der Waals surface area contributed by atoms with E-state index in [1.165, 1.54) is 0 Å². The van der Waals surface area contributed by atoms with Crippen LogP contribution in [-0.4, -0.2) is 31.8 Å². The molecule has 4 heteroatoms. The predicted octanol–water partition coefficient (Wildman–Crippen LogP) is 0.650. The molecule has 1 heterocycles. The Hall–Kier alpha value is -1.55. The van der Waals surface area contributed by atoms with Gasteiger partial charge in [-0.15, -0.1) is 0 Å². The molecular formula is C10H13NO3. The maximum absolute atomic E-state index is 10.3. The van der Waals surface area contributed by atoms with Gasteiger partial charge in [0.05, 0.1) is 12.2 Å². The minimum Gasteiger partial charge on any atom is -0.471 e. The Morgan fingerprint density at radius 1 is 1.50 bits per heavy atom. The molecule has 1 aromatic carbocycles. The van der Waals surface area contributed by atoms with Gasteiger partial charge in [-0.2, -0.15) is 0 Å². The lowest BCUT2D eigenvalue weighted by Crippen LogP contribution is -2.23. The van der Waals surface area contributed by atoms with Crippen LogP contribution in [0.3, 0.4) is 0 Å². The van der Waals surface area contributed by atoms with Crippen LogP contribution in [0.15, 0.2) is 24.3 Å². The van der Waals surface area contributed by atoms with Crippen molar-refractivity contribution in [2.75, 3.05) is 25.3 Å². The second kappa shape index (κ2) is 5.24. The third kappa shape index (κ3) is 2.03. The first-order valence-corrected chi connectivity index (χ1v) is 4.27. The van der Waals surface area contributed by atoms with Gasteiger partial charge >= 0.3 is 0 Å². The zero-order chi connectivity index (χ0) is 10.4. The summed E-state index contributed by atoms with van der Waals surface area (Å²) in [5.74, 6) is 0.861. The van der Waals surface area contributed by atoms with E-state index < -0.39 is 0 Å². The van der Waals surface area contributed by atoms with Gasteiger partial charge < -0.3 is 19.5 Å². The average Bonchev–Trinajstić information content (AvgIpc) is 2.66. The largest absolute Gasteiger partial charge is 0.471 e. The molecule has 0 spiro atoms. The van der Waals surface area contributed by atoms with E-state index in [1.54, 1.807) is 0 Å². The number of carbonyl (C=O) groups excluding carboxylic acids is 1. The number of fused-ring (bicyclic) bond motifs is 1. The molecule has 0 unspecified atom stereocenters. The number of rotatable bonds is 2. The summed E-state index contributed by atoms with van der Waals surface area (Å²) < 4.78 is 5.33. The van der Waals surface area contributed by atoms with Crippen molar-refractivity contribution < 1.29 is 14.6 Å². The Labute approximate surface area is 82.7 Å². The van der Waals surface area contributed by atoms with Crippen molar-refractivity contribution in [1.29, 1.82) is 0 Å². The molecule has 0 saturated carbocycles. The second-order valence-electron chi connectivity index (χ2n) is 2.63. The molecule has 0 saturated heterocycles. The molecule has 1 aliphatic heterocycles. The van der Waals surface area contributed by atoms with Gasteiger partial charge in [0.1, 0.15) is 12.0 Å². The van der Waals surface area contributed by atoms with Gasteiger partial charge in [0.15, 0.2) is 6.73 Å². The van der Waals surface area contributed by atoms with Crippen molar-refractivity contribution in [3.8, 4) is 5.75 Å². The first-order valence-electron chi connectivity index (χ1n) is 4.27. The number of anilines is 1. The lowest BCUT2D eigenvalue weighted by atomic mass is 10.3. The highest BCUT2D eigenvalue weighted by Gasteiger charge is 2.18. The Kier molecular flexibility index (Phi) is 3.94. The summed E-state index contributed by atoms with van der Waals surface area (Å²) >= 11 is 0. The number of benzene rings is 1. The topological polar surface area (TPSA) is 49.8 Å². The molecule has 2 rings (SSSR count). The van der Waals surface area contributed by atoms with E-state index in [0.29, 0.717) is 13.3 Å². The number of ether oxygens (including phenoxy) is 1. The summed E-state index contributed by atoms with van der Waals surface area (Å²) in [4.78, 5) is 12.2. The molecule has 1 aromatic rings. The number of para-hydroxylation sites is 2. The molecule has 0 amide bonds. The van der Waals surface area contributed by atoms with Crippen LogP contribution in [0.1, 0.15) is 0 Å². The quantitative estimate of drug-likeness (QED) is 0.704. The zero-order valence-electron chi connectivity index (χ0n) is 8.01. The van der Waals surface area contributed by atoms with Crippen molar-refractivity contribution in [3.63, 3.8) is 0 Å². The maximum atomic E-state index is 10.3. The van der Waals surface area contributed by atoms with Crippen LogP contribution in [-0.2, 0) is 4.79 Å². The van der Waals surface area contributed by atoms with Crippen LogP contribution in [0.5, 0.6) is 5.75 Å². The van der Waals surface area contributed by atoms with Gasteiger partial charge in [-0.05, 0) is 12.1 Å². The van der Waals surface area contributed by atoms with Gasteiger partial charge in [0.2, 0.25) is 0 Å². The SMILES string of the molecule is CO.O=CCN1COc2ccccc21. The van der Waals surface area contributed by atoms with Crippen LogP contribution in [0.2, 0.25) is 0 Å². The van der Waals surface area contributed by atoms with Gasteiger partial charge in [-0.25, -0.2) is 0 Å². The summed E-state index contributed by atoms with van der Waals surface area (Å²) in [6, 6.07) is 7.71. The van der Waals surface area contributed by atoms with Gasteiger partial charge in [-0.3, -0.25) is 0 Å². The smallest absolute Gasteiger partial charge is 0.162 e. The second-order valence-corrected chi connectivity index (χ2v) is 2.63. The normalized spacial score (nSPS) is 12.3. The number of hydrogen-bond donors (Lipinski definition) is 1. The molecular weight excluding hydrogens is 182 g/mol. The van der Waals surface area contributed by atoms with Crippen LogP contribution in [0, 0.1) is 0 Å². The lowest BCUT2D eigenvalue weighted by molar-refractivity contribution is -0.106. The maximum Gasteiger partial charge on any atom is 0.162 e. The highest BCUT2D eigenvalue weighted by molar-refractivity contribution is 5.67. The number of hydrogen-bond acceptors (Lipinski definition) is 4. The number of aliphatic hydroxyl groups excluding tert-OH is 1. The predicted molar refractivity (Wildman–Crippen MR) is 53.5 cm³/mol. The number of nitrogens with zero attached hydrogens (tertiary/aromatic N) is 1. The van der Waals surface area contributed by atoms with E-state index in [0.717, 1.165) is 24.8 Å². The van der Waals surface area contributed by atoms with E-state index in [9.17, 15) is 4.79 Å². The fourth-order valence-corrected chi connectivity index (χ4v) is 1.30. The lowest BCUT2D eigenvalue weighted by Gasteiger charge is -2.11. The van der Waals surface area contributed by atoms with Crippen molar-refractivity contribution in [3.05, 3.63) is 24.3 Å². The molecule has 0 fully saturated rings. The molecule has 0 radical (unpaired) electrons. The number of aliphatic hydroxyl groups is 1. The van der Waals surface area contributed by atoms with Gasteiger partial charge in [-0.1, -0.05) is 12.1 Å². The fourth-order valence-electron chi connectivity index (χ4n) is 1.30. The minimum absolute atomic E-state index is 0.400.